The summed E-state index contributed by atoms with van der Waals surface area (Å²) < 4.78 is 21.0. The van der Waals surface area contributed by atoms with E-state index in [1.165, 1.54) is 18.4 Å². The van der Waals surface area contributed by atoms with Crippen molar-refractivity contribution in [1.82, 2.24) is 20.2 Å². The number of nitrogens with one attached hydrogen (secondary N) is 2. The maximum Gasteiger partial charge on any atom is 0.267 e. The van der Waals surface area contributed by atoms with E-state index in [-0.39, 0.29) is 18.1 Å². The molecule has 2 N–H and O–H groups in total. The van der Waals surface area contributed by atoms with Gasteiger partial charge in [-0.3, -0.25) is 9.59 Å². The van der Waals surface area contributed by atoms with Crippen LogP contribution in [0, 0.1) is 5.82 Å². The fraction of sp³-hybridized carbons (Fsp3) is 0.125. The average molecular weight is 432 g/mol. The summed E-state index contributed by atoms with van der Waals surface area (Å²) in [5.41, 5.74) is 1.45. The van der Waals surface area contributed by atoms with Crippen molar-refractivity contribution in [1.29, 1.82) is 0 Å². The molecule has 4 rings (SSSR count). The maximum atomic E-state index is 14.0. The Bertz CT molecular complexity index is 1280. The lowest BCUT2D eigenvalue weighted by Crippen LogP contribution is -2.36. The van der Waals surface area contributed by atoms with E-state index in [0.717, 1.165) is 0 Å². The summed E-state index contributed by atoms with van der Waals surface area (Å²) in [5, 5.41) is 5.42. The zero-order valence-corrected chi connectivity index (χ0v) is 17.3. The van der Waals surface area contributed by atoms with Crippen molar-refractivity contribution in [2.45, 2.75) is 6.42 Å². The number of hydrogen-bond donors (Lipinski definition) is 2. The molecule has 0 aliphatic rings. The molecule has 0 aliphatic carbocycles. The number of hydrogen-bond acceptors (Lipinski definition) is 4. The second-order valence-electron chi connectivity index (χ2n) is 7.09. The molecule has 0 radical (unpaired) electrons. The topological polar surface area (TPSA) is 89.2 Å². The molecule has 2 aromatic carbocycles. The molecule has 7 nitrogen and oxygen atoms in total. The summed E-state index contributed by atoms with van der Waals surface area (Å²) in [6.07, 6.45) is 3.32. The van der Waals surface area contributed by atoms with Gasteiger partial charge in [0.25, 0.3) is 11.8 Å². The van der Waals surface area contributed by atoms with E-state index in [1.54, 1.807) is 66.2 Å². The highest BCUT2D eigenvalue weighted by Crippen LogP contribution is 2.18. The van der Waals surface area contributed by atoms with E-state index in [2.05, 4.69) is 15.6 Å². The second-order valence-corrected chi connectivity index (χ2v) is 7.09. The SMILES string of the molecule is Cn1c(CCNC(=O)C(=Cc2ccco2)NC(=O)c2ccccc2)nc2c(F)cccc21. The van der Waals surface area contributed by atoms with E-state index in [4.69, 9.17) is 4.42 Å². The molecule has 4 aromatic rings. The Morgan fingerprint density at radius 3 is 2.62 bits per heavy atom. The highest BCUT2D eigenvalue weighted by atomic mass is 19.1. The number of furan rings is 1. The third-order valence-corrected chi connectivity index (χ3v) is 4.95. The number of para-hydroxylation sites is 1. The smallest absolute Gasteiger partial charge is 0.267 e. The summed E-state index contributed by atoms with van der Waals surface area (Å²) in [4.78, 5) is 29.7. The van der Waals surface area contributed by atoms with Crippen LogP contribution < -0.4 is 10.6 Å². The number of nitrogens with zero attached hydrogens (tertiary/aromatic N) is 2. The first kappa shape index (κ1) is 21.0. The minimum Gasteiger partial charge on any atom is -0.465 e. The Morgan fingerprint density at radius 1 is 1.09 bits per heavy atom. The molecule has 0 saturated carbocycles. The van der Waals surface area contributed by atoms with Crippen molar-refractivity contribution < 1.29 is 18.4 Å². The fourth-order valence-electron chi connectivity index (χ4n) is 3.29. The third-order valence-electron chi connectivity index (χ3n) is 4.95. The molecule has 2 heterocycles. The number of carbonyl (C=O) groups is 2. The van der Waals surface area contributed by atoms with Crippen LogP contribution in [0.5, 0.6) is 0 Å². The number of imidazole rings is 1. The van der Waals surface area contributed by atoms with Crippen molar-refractivity contribution >= 4 is 28.9 Å². The second kappa shape index (κ2) is 9.30. The van der Waals surface area contributed by atoms with Gasteiger partial charge in [0, 0.05) is 31.7 Å². The molecule has 162 valence electrons. The summed E-state index contributed by atoms with van der Waals surface area (Å²) in [7, 11) is 1.80. The van der Waals surface area contributed by atoms with Crippen LogP contribution >= 0.6 is 0 Å². The van der Waals surface area contributed by atoms with Crippen molar-refractivity contribution in [2.24, 2.45) is 7.05 Å². The summed E-state index contributed by atoms with van der Waals surface area (Å²) in [6.45, 7) is 0.244. The molecular weight excluding hydrogens is 411 g/mol. The van der Waals surface area contributed by atoms with E-state index in [0.29, 0.717) is 34.6 Å². The van der Waals surface area contributed by atoms with Crippen molar-refractivity contribution in [3.05, 3.63) is 95.6 Å². The molecule has 0 aliphatic heterocycles. The van der Waals surface area contributed by atoms with Crippen LogP contribution in [0.15, 0.2) is 77.0 Å². The van der Waals surface area contributed by atoms with Gasteiger partial charge in [0.2, 0.25) is 0 Å². The Labute approximate surface area is 183 Å². The fourth-order valence-corrected chi connectivity index (χ4v) is 3.29. The van der Waals surface area contributed by atoms with Crippen LogP contribution in [0.3, 0.4) is 0 Å². The van der Waals surface area contributed by atoms with Gasteiger partial charge < -0.3 is 19.6 Å². The Hall–Kier alpha value is -4.20. The van der Waals surface area contributed by atoms with Crippen molar-refractivity contribution in [3.63, 3.8) is 0 Å². The zero-order chi connectivity index (χ0) is 22.5. The highest BCUT2D eigenvalue weighted by Gasteiger charge is 2.16. The number of carbonyl (C=O) groups excluding carboxylic acids is 2. The van der Waals surface area contributed by atoms with Crippen LogP contribution in [0.2, 0.25) is 0 Å². The molecule has 0 saturated heterocycles. The van der Waals surface area contributed by atoms with E-state index in [1.807, 2.05) is 0 Å². The molecule has 0 fully saturated rings. The van der Waals surface area contributed by atoms with Gasteiger partial charge >= 0.3 is 0 Å². The molecule has 2 aromatic heterocycles. The van der Waals surface area contributed by atoms with E-state index < -0.39 is 11.8 Å². The molecule has 8 heteroatoms. The van der Waals surface area contributed by atoms with E-state index in [9.17, 15) is 14.0 Å². The molecule has 0 spiro atoms. The molecule has 32 heavy (non-hydrogen) atoms. The molecule has 0 atom stereocenters. The number of aryl methyl sites for hydroxylation is 1. The van der Waals surface area contributed by atoms with Gasteiger partial charge in [-0.25, -0.2) is 9.37 Å². The number of rotatable bonds is 7. The largest absolute Gasteiger partial charge is 0.465 e. The normalized spacial score (nSPS) is 11.5. The third kappa shape index (κ3) is 4.59. The predicted octanol–water partition coefficient (Wildman–Crippen LogP) is 3.44. The van der Waals surface area contributed by atoms with Crippen LogP contribution in [-0.4, -0.2) is 27.9 Å². The Kier molecular flexibility index (Phi) is 6.12. The minimum atomic E-state index is -0.476. The first-order chi connectivity index (χ1) is 15.5. The van der Waals surface area contributed by atoms with Crippen molar-refractivity contribution in [2.75, 3.05) is 6.54 Å². The monoisotopic (exact) mass is 432 g/mol. The quantitative estimate of drug-likeness (QED) is 0.438. The average Bonchev–Trinajstić information content (AvgIpc) is 3.43. The van der Waals surface area contributed by atoms with Gasteiger partial charge in [-0.15, -0.1) is 0 Å². The maximum absolute atomic E-state index is 14.0. The van der Waals surface area contributed by atoms with Gasteiger partial charge in [-0.2, -0.15) is 0 Å². The van der Waals surface area contributed by atoms with Crippen LogP contribution in [-0.2, 0) is 18.3 Å². The van der Waals surface area contributed by atoms with Gasteiger partial charge in [-0.05, 0) is 36.4 Å². The van der Waals surface area contributed by atoms with Gasteiger partial charge in [0.05, 0.1) is 11.8 Å². The van der Waals surface area contributed by atoms with Crippen LogP contribution in [0.4, 0.5) is 4.39 Å². The lowest BCUT2D eigenvalue weighted by atomic mass is 10.2. The number of aromatic nitrogens is 2. The molecule has 0 bridgehead atoms. The van der Waals surface area contributed by atoms with Gasteiger partial charge in [-0.1, -0.05) is 24.3 Å². The first-order valence-electron chi connectivity index (χ1n) is 10.0. The lowest BCUT2D eigenvalue weighted by Gasteiger charge is -2.11. The first-order valence-corrected chi connectivity index (χ1v) is 10.0. The Balaban J connectivity index is 1.46. The van der Waals surface area contributed by atoms with E-state index >= 15 is 0 Å². The van der Waals surface area contributed by atoms with Crippen LogP contribution in [0.1, 0.15) is 21.9 Å². The Morgan fingerprint density at radius 2 is 1.91 bits per heavy atom. The molecular formula is C24H21FN4O3. The standard InChI is InChI=1S/C24H21FN4O3/c1-29-20-11-5-10-18(25)22(20)28-21(29)12-13-26-24(31)19(15-17-9-6-14-32-17)27-23(30)16-7-3-2-4-8-16/h2-11,14-15H,12-13H2,1H3,(H,26,31)(H,27,30). The van der Waals surface area contributed by atoms with Gasteiger partial charge in [0.1, 0.15) is 22.8 Å². The molecule has 2 amide bonds. The number of fused-ring (bicyclic) bond motifs is 1. The summed E-state index contributed by atoms with van der Waals surface area (Å²) in [6, 6.07) is 16.7. The van der Waals surface area contributed by atoms with Gasteiger partial charge in [0.15, 0.2) is 5.82 Å². The highest BCUT2D eigenvalue weighted by molar-refractivity contribution is 6.05. The number of benzene rings is 2. The lowest BCUT2D eigenvalue weighted by molar-refractivity contribution is -0.117. The molecule has 0 unspecified atom stereocenters. The minimum absolute atomic E-state index is 0.0462. The van der Waals surface area contributed by atoms with Crippen molar-refractivity contribution in [3.8, 4) is 0 Å². The zero-order valence-electron chi connectivity index (χ0n) is 17.3. The summed E-state index contributed by atoms with van der Waals surface area (Å²) >= 11 is 0. The number of halogens is 1. The predicted molar refractivity (Wildman–Crippen MR) is 118 cm³/mol. The summed E-state index contributed by atoms with van der Waals surface area (Å²) in [5.74, 6) is -0.217. The number of amides is 2. The van der Waals surface area contributed by atoms with Crippen LogP contribution in [0.25, 0.3) is 17.1 Å².